The fourth-order valence-corrected chi connectivity index (χ4v) is 1.25. The molecule has 0 aliphatic heterocycles. The quantitative estimate of drug-likeness (QED) is 0.737. The number of hydrogen-bond acceptors (Lipinski definition) is 3. The topological polar surface area (TPSA) is 55.5 Å². The lowest BCUT2D eigenvalue weighted by molar-refractivity contribution is 0.402. The van der Waals surface area contributed by atoms with Crippen molar-refractivity contribution >= 4 is 0 Å². The third kappa shape index (κ3) is 2.12. The van der Waals surface area contributed by atoms with Crippen molar-refractivity contribution in [1.29, 1.82) is 0 Å². The summed E-state index contributed by atoms with van der Waals surface area (Å²) in [6.07, 6.45) is 0.754. The highest BCUT2D eigenvalue weighted by atomic mass is 16.5. The molecule has 0 bridgehead atoms. The minimum atomic E-state index is 0.266. The molecule has 0 aliphatic rings. The Bertz CT molecular complexity index is 297. The van der Waals surface area contributed by atoms with Crippen LogP contribution in [0, 0.1) is 6.92 Å². The van der Waals surface area contributed by atoms with Gasteiger partial charge in [0.2, 0.25) is 0 Å². The third-order valence-corrected chi connectivity index (χ3v) is 2.05. The molecule has 0 aromatic heterocycles. The Morgan fingerprint density at radius 1 is 1.46 bits per heavy atom. The van der Waals surface area contributed by atoms with Gasteiger partial charge in [-0.3, -0.25) is 0 Å². The number of nitrogens with two attached hydrogens (primary N) is 1. The molecule has 0 heterocycles. The predicted octanol–water partition coefficient (Wildman–Crippen LogP) is 1.21. The van der Waals surface area contributed by atoms with Crippen LogP contribution in [0.15, 0.2) is 12.1 Å². The second-order valence-electron chi connectivity index (χ2n) is 2.98. The standard InChI is InChI=1S/C10H15NO2/c1-7-9(12)5-8(3-4-11)6-10(7)13-2/h5-6,12H,3-4,11H2,1-2H3. The minimum absolute atomic E-state index is 0.266. The summed E-state index contributed by atoms with van der Waals surface area (Å²) in [4.78, 5) is 0. The lowest BCUT2D eigenvalue weighted by atomic mass is 10.1. The highest BCUT2D eigenvalue weighted by Crippen LogP contribution is 2.28. The summed E-state index contributed by atoms with van der Waals surface area (Å²) in [5.74, 6) is 0.978. The zero-order valence-electron chi connectivity index (χ0n) is 8.00. The second kappa shape index (κ2) is 4.14. The van der Waals surface area contributed by atoms with E-state index in [1.807, 2.05) is 13.0 Å². The van der Waals surface area contributed by atoms with E-state index in [2.05, 4.69) is 0 Å². The van der Waals surface area contributed by atoms with E-state index in [4.69, 9.17) is 10.5 Å². The van der Waals surface area contributed by atoms with Crippen molar-refractivity contribution in [2.45, 2.75) is 13.3 Å². The number of ether oxygens (including phenoxy) is 1. The van der Waals surface area contributed by atoms with E-state index in [-0.39, 0.29) is 5.75 Å². The Balaban J connectivity index is 3.06. The van der Waals surface area contributed by atoms with Gasteiger partial charge in [0.1, 0.15) is 11.5 Å². The Morgan fingerprint density at radius 2 is 2.15 bits per heavy atom. The molecular formula is C10H15NO2. The van der Waals surface area contributed by atoms with Crippen molar-refractivity contribution in [3.05, 3.63) is 23.3 Å². The molecule has 3 N–H and O–H groups in total. The van der Waals surface area contributed by atoms with Crippen molar-refractivity contribution in [2.24, 2.45) is 5.73 Å². The van der Waals surface area contributed by atoms with E-state index >= 15 is 0 Å². The molecule has 0 radical (unpaired) electrons. The Hall–Kier alpha value is -1.22. The van der Waals surface area contributed by atoms with Crippen molar-refractivity contribution in [1.82, 2.24) is 0 Å². The maximum atomic E-state index is 9.52. The first-order chi connectivity index (χ1) is 6.19. The normalized spacial score (nSPS) is 10.1. The maximum Gasteiger partial charge on any atom is 0.125 e. The van der Waals surface area contributed by atoms with Crippen LogP contribution in [0.2, 0.25) is 0 Å². The molecule has 72 valence electrons. The molecule has 0 saturated carbocycles. The largest absolute Gasteiger partial charge is 0.508 e. The van der Waals surface area contributed by atoms with E-state index in [9.17, 15) is 5.11 Å². The molecular weight excluding hydrogens is 166 g/mol. The number of methoxy groups -OCH3 is 1. The molecule has 0 spiro atoms. The van der Waals surface area contributed by atoms with Gasteiger partial charge in [0.25, 0.3) is 0 Å². The number of rotatable bonds is 3. The molecule has 1 aromatic rings. The number of hydrogen-bond donors (Lipinski definition) is 2. The summed E-state index contributed by atoms with van der Waals surface area (Å²) in [6.45, 7) is 2.39. The van der Waals surface area contributed by atoms with Gasteiger partial charge < -0.3 is 15.6 Å². The van der Waals surface area contributed by atoms with Crippen LogP contribution in [0.1, 0.15) is 11.1 Å². The van der Waals surface area contributed by atoms with Crippen molar-refractivity contribution < 1.29 is 9.84 Å². The molecule has 0 aliphatic carbocycles. The molecule has 0 unspecified atom stereocenters. The van der Waals surface area contributed by atoms with Crippen LogP contribution in [0.25, 0.3) is 0 Å². The van der Waals surface area contributed by atoms with Gasteiger partial charge in [0, 0.05) is 5.56 Å². The van der Waals surface area contributed by atoms with Crippen LogP contribution in [0.5, 0.6) is 11.5 Å². The molecule has 3 heteroatoms. The first kappa shape index (κ1) is 9.86. The van der Waals surface area contributed by atoms with Gasteiger partial charge in [-0.15, -0.1) is 0 Å². The first-order valence-electron chi connectivity index (χ1n) is 4.25. The predicted molar refractivity (Wildman–Crippen MR) is 52.2 cm³/mol. The van der Waals surface area contributed by atoms with Gasteiger partial charge in [0.05, 0.1) is 7.11 Å². The van der Waals surface area contributed by atoms with Gasteiger partial charge in [-0.1, -0.05) is 0 Å². The van der Waals surface area contributed by atoms with E-state index < -0.39 is 0 Å². The van der Waals surface area contributed by atoms with Crippen molar-refractivity contribution in [2.75, 3.05) is 13.7 Å². The summed E-state index contributed by atoms with van der Waals surface area (Å²) in [7, 11) is 1.59. The zero-order valence-corrected chi connectivity index (χ0v) is 8.00. The number of phenols is 1. The first-order valence-corrected chi connectivity index (χ1v) is 4.25. The van der Waals surface area contributed by atoms with Crippen LogP contribution in [-0.2, 0) is 6.42 Å². The monoisotopic (exact) mass is 181 g/mol. The summed E-state index contributed by atoms with van der Waals surface area (Å²) in [5.41, 5.74) is 7.19. The lowest BCUT2D eigenvalue weighted by Crippen LogP contribution is -2.03. The highest BCUT2D eigenvalue weighted by molar-refractivity contribution is 5.46. The highest BCUT2D eigenvalue weighted by Gasteiger charge is 2.05. The van der Waals surface area contributed by atoms with Crippen LogP contribution in [0.4, 0.5) is 0 Å². The molecule has 0 saturated heterocycles. The van der Waals surface area contributed by atoms with Crippen LogP contribution < -0.4 is 10.5 Å². The molecule has 1 rings (SSSR count). The smallest absolute Gasteiger partial charge is 0.125 e. The molecule has 3 nitrogen and oxygen atoms in total. The van der Waals surface area contributed by atoms with Crippen LogP contribution >= 0.6 is 0 Å². The Kier molecular flexibility index (Phi) is 3.14. The summed E-state index contributed by atoms with van der Waals surface area (Å²) >= 11 is 0. The number of phenolic OH excluding ortho intramolecular Hbond substituents is 1. The van der Waals surface area contributed by atoms with Gasteiger partial charge >= 0.3 is 0 Å². The molecule has 0 amide bonds. The third-order valence-electron chi connectivity index (χ3n) is 2.05. The van der Waals surface area contributed by atoms with E-state index in [0.29, 0.717) is 12.3 Å². The summed E-state index contributed by atoms with van der Waals surface area (Å²) in [5, 5.41) is 9.52. The Morgan fingerprint density at radius 3 is 2.69 bits per heavy atom. The number of benzene rings is 1. The fraction of sp³-hybridized carbons (Fsp3) is 0.400. The average Bonchev–Trinajstić information content (AvgIpc) is 2.11. The van der Waals surface area contributed by atoms with Crippen LogP contribution in [-0.4, -0.2) is 18.8 Å². The van der Waals surface area contributed by atoms with E-state index in [1.165, 1.54) is 0 Å². The van der Waals surface area contributed by atoms with E-state index in [0.717, 1.165) is 17.5 Å². The lowest BCUT2D eigenvalue weighted by Gasteiger charge is -2.09. The maximum absolute atomic E-state index is 9.52. The zero-order chi connectivity index (χ0) is 9.84. The van der Waals surface area contributed by atoms with Gasteiger partial charge in [0.15, 0.2) is 0 Å². The molecule has 13 heavy (non-hydrogen) atoms. The SMILES string of the molecule is COc1cc(CCN)cc(O)c1C. The minimum Gasteiger partial charge on any atom is -0.508 e. The molecule has 0 atom stereocenters. The Labute approximate surface area is 78.1 Å². The summed E-state index contributed by atoms with van der Waals surface area (Å²) in [6, 6.07) is 3.63. The summed E-state index contributed by atoms with van der Waals surface area (Å²) < 4.78 is 5.11. The van der Waals surface area contributed by atoms with Gasteiger partial charge in [-0.2, -0.15) is 0 Å². The van der Waals surface area contributed by atoms with Gasteiger partial charge in [-0.05, 0) is 37.6 Å². The fourth-order valence-electron chi connectivity index (χ4n) is 1.25. The number of aromatic hydroxyl groups is 1. The molecule has 1 aromatic carbocycles. The molecule has 0 fully saturated rings. The average molecular weight is 181 g/mol. The second-order valence-corrected chi connectivity index (χ2v) is 2.98. The van der Waals surface area contributed by atoms with Crippen LogP contribution in [0.3, 0.4) is 0 Å². The van der Waals surface area contributed by atoms with E-state index in [1.54, 1.807) is 13.2 Å². The van der Waals surface area contributed by atoms with Crippen molar-refractivity contribution in [3.63, 3.8) is 0 Å². The van der Waals surface area contributed by atoms with Crippen molar-refractivity contribution in [3.8, 4) is 11.5 Å². The van der Waals surface area contributed by atoms with Gasteiger partial charge in [-0.25, -0.2) is 0 Å².